The maximum atomic E-state index is 4.79. The molecule has 5 aromatic rings. The summed E-state index contributed by atoms with van der Waals surface area (Å²) in [7, 11) is 0. The van der Waals surface area contributed by atoms with E-state index < -0.39 is 0 Å². The first kappa shape index (κ1) is 17.4. The smallest absolute Gasteiger partial charge is 0.0633 e. The fourth-order valence-electron chi connectivity index (χ4n) is 4.10. The van der Waals surface area contributed by atoms with Crippen molar-refractivity contribution in [2.75, 3.05) is 0 Å². The van der Waals surface area contributed by atoms with Crippen molar-refractivity contribution >= 4 is 43.7 Å². The second-order valence-corrected chi connectivity index (χ2v) is 7.36. The zero-order chi connectivity index (χ0) is 19.8. The van der Waals surface area contributed by atoms with Crippen LogP contribution < -0.4 is 0 Å². The van der Waals surface area contributed by atoms with Gasteiger partial charge in [-0.1, -0.05) is 97.6 Å². The van der Waals surface area contributed by atoms with E-state index in [-0.39, 0.29) is 0 Å². The molecule has 1 nitrogen and oxygen atoms in total. The Kier molecular flexibility index (Phi) is 4.22. The molecule has 138 valence electrons. The molecule has 0 aliphatic carbocycles. The van der Waals surface area contributed by atoms with E-state index in [2.05, 4.69) is 85.4 Å². The van der Waals surface area contributed by atoms with Crippen LogP contribution in [-0.2, 0) is 0 Å². The van der Waals surface area contributed by atoms with Gasteiger partial charge >= 0.3 is 0 Å². The van der Waals surface area contributed by atoms with Crippen molar-refractivity contribution in [2.24, 2.45) is 4.99 Å². The number of rotatable bonds is 3. The van der Waals surface area contributed by atoms with Gasteiger partial charge in [-0.05, 0) is 50.9 Å². The highest BCUT2D eigenvalue weighted by molar-refractivity contribution is 6.25. The Morgan fingerprint density at radius 1 is 0.552 bits per heavy atom. The Balaban J connectivity index is 1.70. The van der Waals surface area contributed by atoms with Gasteiger partial charge in [0.1, 0.15) is 0 Å². The molecule has 1 heteroatoms. The van der Waals surface area contributed by atoms with E-state index >= 15 is 0 Å². The first-order valence-electron chi connectivity index (χ1n) is 9.85. The molecule has 0 spiro atoms. The molecule has 0 radical (unpaired) electrons. The van der Waals surface area contributed by atoms with Crippen LogP contribution in [0.5, 0.6) is 0 Å². The molecule has 0 saturated heterocycles. The maximum absolute atomic E-state index is 4.79. The molecule has 0 aliphatic rings. The minimum atomic E-state index is 0.783. The van der Waals surface area contributed by atoms with Crippen molar-refractivity contribution in [1.82, 2.24) is 0 Å². The lowest BCUT2D eigenvalue weighted by atomic mass is 9.93. The van der Waals surface area contributed by atoms with Crippen LogP contribution in [0.2, 0.25) is 0 Å². The van der Waals surface area contributed by atoms with Gasteiger partial charge in [0, 0.05) is 11.3 Å². The van der Waals surface area contributed by atoms with Gasteiger partial charge < -0.3 is 0 Å². The summed E-state index contributed by atoms with van der Waals surface area (Å²) in [4.78, 5) is 4.79. The molecular formula is C28H21N. The first-order chi connectivity index (χ1) is 14.2. The molecule has 0 unspecified atom stereocenters. The topological polar surface area (TPSA) is 12.4 Å². The molecule has 0 aliphatic heterocycles. The normalized spacial score (nSPS) is 12.0. The quantitative estimate of drug-likeness (QED) is 0.228. The molecule has 0 saturated carbocycles. The van der Waals surface area contributed by atoms with Crippen molar-refractivity contribution in [3.63, 3.8) is 0 Å². The zero-order valence-electron chi connectivity index (χ0n) is 16.4. The summed E-state index contributed by atoms with van der Waals surface area (Å²) in [5.74, 6) is 0. The summed E-state index contributed by atoms with van der Waals surface area (Å²) >= 11 is 0. The van der Waals surface area contributed by atoms with Gasteiger partial charge in [0.15, 0.2) is 0 Å². The molecule has 29 heavy (non-hydrogen) atoms. The van der Waals surface area contributed by atoms with Crippen LogP contribution in [0.15, 0.2) is 109 Å². The summed E-state index contributed by atoms with van der Waals surface area (Å²) in [6, 6.07) is 34.1. The highest BCUT2D eigenvalue weighted by Crippen LogP contribution is 2.36. The number of nitrogens with zero attached hydrogens (tertiary/aromatic N) is 1. The largest absolute Gasteiger partial charge is 0.253 e. The lowest BCUT2D eigenvalue weighted by Gasteiger charge is -2.12. The summed E-state index contributed by atoms with van der Waals surface area (Å²) < 4.78 is 0. The molecule has 5 rings (SSSR count). The lowest BCUT2D eigenvalue weighted by Crippen LogP contribution is -1.94. The van der Waals surface area contributed by atoms with Gasteiger partial charge in [-0.15, -0.1) is 0 Å². The average molecular weight is 371 g/mol. The van der Waals surface area contributed by atoms with Crippen LogP contribution >= 0.6 is 0 Å². The first-order valence-corrected chi connectivity index (χ1v) is 9.85. The van der Waals surface area contributed by atoms with Gasteiger partial charge in [-0.25, -0.2) is 0 Å². The average Bonchev–Trinajstić information content (AvgIpc) is 2.79. The number of fused-ring (bicyclic) bond motifs is 6. The minimum absolute atomic E-state index is 0.783. The summed E-state index contributed by atoms with van der Waals surface area (Å²) in [5, 5.41) is 7.62. The Labute approximate surface area is 170 Å². The van der Waals surface area contributed by atoms with Crippen molar-refractivity contribution in [1.29, 1.82) is 0 Å². The van der Waals surface area contributed by atoms with E-state index in [4.69, 9.17) is 4.99 Å². The monoisotopic (exact) mass is 371 g/mol. The Morgan fingerprint density at radius 2 is 1.03 bits per heavy atom. The van der Waals surface area contributed by atoms with Crippen molar-refractivity contribution in [3.8, 4) is 0 Å². The van der Waals surface area contributed by atoms with E-state index in [0.29, 0.717) is 0 Å². The van der Waals surface area contributed by atoms with Crippen LogP contribution in [0.25, 0.3) is 38.0 Å². The molecule has 0 aromatic heterocycles. The molecule has 0 bridgehead atoms. The number of hydrogen-bond donors (Lipinski definition) is 0. The second-order valence-electron chi connectivity index (χ2n) is 7.36. The standard InChI is InChI=1S/C28H21N/c1-19(21-10-4-3-5-11-21)29-20(2)22-16-17-27-25-14-7-6-12-23(25)24-13-8-9-15-26(24)28(27)18-22/h3-18H,2H2,1H3. The molecule has 0 N–H and O–H groups in total. The third-order valence-electron chi connectivity index (χ3n) is 5.57. The highest BCUT2D eigenvalue weighted by Gasteiger charge is 2.09. The van der Waals surface area contributed by atoms with Crippen molar-refractivity contribution in [3.05, 3.63) is 115 Å². The van der Waals surface area contributed by atoms with Gasteiger partial charge in [-0.3, -0.25) is 4.99 Å². The predicted octanol–water partition coefficient (Wildman–Crippen LogP) is 7.63. The van der Waals surface area contributed by atoms with Crippen LogP contribution in [0.1, 0.15) is 18.1 Å². The Morgan fingerprint density at radius 3 is 1.62 bits per heavy atom. The second kappa shape index (κ2) is 7.03. The maximum Gasteiger partial charge on any atom is 0.0633 e. The van der Waals surface area contributed by atoms with E-state index in [0.717, 1.165) is 22.5 Å². The zero-order valence-corrected chi connectivity index (χ0v) is 16.4. The SMILES string of the molecule is C=C(N=C(C)c1ccccc1)c1ccc2c3ccccc3c3ccccc3c2c1. The third-order valence-corrected chi connectivity index (χ3v) is 5.57. The predicted molar refractivity (Wildman–Crippen MR) is 127 cm³/mol. The van der Waals surface area contributed by atoms with Gasteiger partial charge in [0.05, 0.1) is 5.70 Å². The van der Waals surface area contributed by atoms with Crippen LogP contribution in [0, 0.1) is 0 Å². The van der Waals surface area contributed by atoms with Gasteiger partial charge in [0.2, 0.25) is 0 Å². The molecule has 5 aromatic carbocycles. The van der Waals surface area contributed by atoms with Gasteiger partial charge in [0.25, 0.3) is 0 Å². The van der Waals surface area contributed by atoms with E-state index in [1.54, 1.807) is 0 Å². The Hall–Kier alpha value is -3.71. The fourth-order valence-corrected chi connectivity index (χ4v) is 4.10. The molecule has 0 fully saturated rings. The minimum Gasteiger partial charge on any atom is -0.253 e. The van der Waals surface area contributed by atoms with Gasteiger partial charge in [-0.2, -0.15) is 0 Å². The summed E-state index contributed by atoms with van der Waals surface area (Å²) in [6.45, 7) is 6.28. The summed E-state index contributed by atoms with van der Waals surface area (Å²) in [6.07, 6.45) is 0. The van der Waals surface area contributed by atoms with E-state index in [1.165, 1.54) is 32.3 Å². The highest BCUT2D eigenvalue weighted by atomic mass is 14.7. The number of benzene rings is 5. The molecular weight excluding hydrogens is 350 g/mol. The van der Waals surface area contributed by atoms with Crippen molar-refractivity contribution < 1.29 is 0 Å². The summed E-state index contributed by atoms with van der Waals surface area (Å²) in [5.41, 5.74) is 3.92. The molecule has 0 heterocycles. The molecule has 0 amide bonds. The van der Waals surface area contributed by atoms with E-state index in [1.807, 2.05) is 25.1 Å². The van der Waals surface area contributed by atoms with Crippen molar-refractivity contribution in [2.45, 2.75) is 6.92 Å². The third kappa shape index (κ3) is 3.01. The van der Waals surface area contributed by atoms with Crippen LogP contribution in [0.4, 0.5) is 0 Å². The lowest BCUT2D eigenvalue weighted by molar-refractivity contribution is 1.49. The number of hydrogen-bond acceptors (Lipinski definition) is 1. The van der Waals surface area contributed by atoms with Crippen LogP contribution in [0.3, 0.4) is 0 Å². The van der Waals surface area contributed by atoms with Crippen LogP contribution in [-0.4, -0.2) is 5.71 Å². The number of aliphatic imine (C=N–C) groups is 1. The Bertz CT molecular complexity index is 1370. The molecule has 0 atom stereocenters. The fraction of sp³-hybridized carbons (Fsp3) is 0.0357. The van der Waals surface area contributed by atoms with E-state index in [9.17, 15) is 0 Å².